The van der Waals surface area contributed by atoms with Gasteiger partial charge in [-0.25, -0.2) is 0 Å². The van der Waals surface area contributed by atoms with Crippen LogP contribution < -0.4 is 0 Å². The van der Waals surface area contributed by atoms with Gasteiger partial charge in [0.05, 0.1) is 13.2 Å². The molecule has 1 N–H and O–H groups in total. The van der Waals surface area contributed by atoms with Gasteiger partial charge in [-0.2, -0.15) is 0 Å². The van der Waals surface area contributed by atoms with Crippen LogP contribution in [0, 0.1) is 12.3 Å². The molecular weight excluding hydrogens is 208 g/mol. The highest BCUT2D eigenvalue weighted by molar-refractivity contribution is 6.13. The van der Waals surface area contributed by atoms with Gasteiger partial charge in [0.2, 0.25) is 0 Å². The number of aliphatic carboxylic acids is 1. The minimum absolute atomic E-state index is 0.0327. The molecule has 0 aromatic heterocycles. The van der Waals surface area contributed by atoms with Gasteiger partial charge < -0.3 is 9.84 Å². The largest absolute Gasteiger partial charge is 0.480 e. The average molecular weight is 220 g/mol. The molecule has 1 aliphatic rings. The highest BCUT2D eigenvalue weighted by Gasteiger charge is 2.53. The molecule has 0 saturated carbocycles. The second-order valence-corrected chi connectivity index (χ2v) is 4.08. The maximum absolute atomic E-state index is 12.0. The standard InChI is InChI=1S/C12H12O4/c1-8-2-4-9(5-3-8)10(13)12(11(14)15)6-16-7-12/h2-5H,6-7H2,1H3,(H,14,15). The van der Waals surface area contributed by atoms with Gasteiger partial charge >= 0.3 is 5.97 Å². The number of aryl methyl sites for hydroxylation is 1. The highest BCUT2D eigenvalue weighted by atomic mass is 16.5. The fraction of sp³-hybridized carbons (Fsp3) is 0.333. The maximum atomic E-state index is 12.0. The summed E-state index contributed by atoms with van der Waals surface area (Å²) in [5.74, 6) is -1.48. The predicted molar refractivity (Wildman–Crippen MR) is 56.4 cm³/mol. The fourth-order valence-corrected chi connectivity index (χ4v) is 1.64. The van der Waals surface area contributed by atoms with Crippen molar-refractivity contribution in [3.05, 3.63) is 35.4 Å². The molecule has 84 valence electrons. The molecule has 0 spiro atoms. The third kappa shape index (κ3) is 1.51. The van der Waals surface area contributed by atoms with E-state index in [2.05, 4.69) is 0 Å². The highest BCUT2D eigenvalue weighted by Crippen LogP contribution is 2.32. The van der Waals surface area contributed by atoms with E-state index in [9.17, 15) is 9.59 Å². The summed E-state index contributed by atoms with van der Waals surface area (Å²) in [7, 11) is 0. The molecule has 0 amide bonds. The van der Waals surface area contributed by atoms with Crippen LogP contribution >= 0.6 is 0 Å². The van der Waals surface area contributed by atoms with E-state index in [-0.39, 0.29) is 19.0 Å². The molecule has 1 heterocycles. The normalized spacial score (nSPS) is 17.6. The van der Waals surface area contributed by atoms with Crippen LogP contribution in [-0.2, 0) is 9.53 Å². The Labute approximate surface area is 92.8 Å². The summed E-state index contributed by atoms with van der Waals surface area (Å²) in [4.78, 5) is 23.1. The van der Waals surface area contributed by atoms with Crippen molar-refractivity contribution in [1.82, 2.24) is 0 Å². The lowest BCUT2D eigenvalue weighted by Crippen LogP contribution is -2.54. The third-order valence-corrected chi connectivity index (χ3v) is 2.85. The maximum Gasteiger partial charge on any atom is 0.322 e. The molecule has 16 heavy (non-hydrogen) atoms. The first-order valence-corrected chi connectivity index (χ1v) is 4.99. The lowest BCUT2D eigenvalue weighted by Gasteiger charge is -2.35. The van der Waals surface area contributed by atoms with Crippen molar-refractivity contribution in [2.75, 3.05) is 13.2 Å². The number of carboxylic acids is 1. The number of carbonyl (C=O) groups excluding carboxylic acids is 1. The SMILES string of the molecule is Cc1ccc(C(=O)C2(C(=O)O)COC2)cc1. The Balaban J connectivity index is 2.31. The van der Waals surface area contributed by atoms with Crippen molar-refractivity contribution in [2.24, 2.45) is 5.41 Å². The van der Waals surface area contributed by atoms with Crippen LogP contribution in [0.2, 0.25) is 0 Å². The van der Waals surface area contributed by atoms with E-state index < -0.39 is 11.4 Å². The number of ether oxygens (including phenoxy) is 1. The molecule has 1 aliphatic heterocycles. The van der Waals surface area contributed by atoms with E-state index in [4.69, 9.17) is 9.84 Å². The molecule has 1 fully saturated rings. The molecule has 0 bridgehead atoms. The number of hydrogen-bond donors (Lipinski definition) is 1. The van der Waals surface area contributed by atoms with Gasteiger partial charge in [-0.1, -0.05) is 29.8 Å². The van der Waals surface area contributed by atoms with Gasteiger partial charge in [0, 0.05) is 5.56 Å². The molecule has 1 aromatic rings. The van der Waals surface area contributed by atoms with Crippen LogP contribution in [0.25, 0.3) is 0 Å². The fourth-order valence-electron chi connectivity index (χ4n) is 1.64. The monoisotopic (exact) mass is 220 g/mol. The number of Topliss-reactive ketones (excluding diaryl/α,β-unsaturated/α-hetero) is 1. The zero-order valence-corrected chi connectivity index (χ0v) is 8.90. The zero-order chi connectivity index (χ0) is 11.8. The summed E-state index contributed by atoms with van der Waals surface area (Å²) in [6, 6.07) is 6.89. The van der Waals surface area contributed by atoms with Crippen molar-refractivity contribution in [1.29, 1.82) is 0 Å². The zero-order valence-electron chi connectivity index (χ0n) is 8.90. The first-order chi connectivity index (χ1) is 7.56. The summed E-state index contributed by atoms with van der Waals surface area (Å²) in [6.07, 6.45) is 0. The molecule has 2 rings (SSSR count). The molecule has 0 atom stereocenters. The van der Waals surface area contributed by atoms with Crippen LogP contribution in [0.1, 0.15) is 15.9 Å². The second-order valence-electron chi connectivity index (χ2n) is 4.08. The van der Waals surface area contributed by atoms with Gasteiger partial charge in [0.1, 0.15) is 0 Å². The van der Waals surface area contributed by atoms with E-state index in [1.165, 1.54) is 0 Å². The van der Waals surface area contributed by atoms with Gasteiger partial charge in [-0.15, -0.1) is 0 Å². The van der Waals surface area contributed by atoms with Crippen LogP contribution in [0.15, 0.2) is 24.3 Å². The van der Waals surface area contributed by atoms with Gasteiger partial charge in [-0.05, 0) is 6.92 Å². The number of benzene rings is 1. The molecular formula is C12H12O4. The van der Waals surface area contributed by atoms with E-state index in [1.54, 1.807) is 24.3 Å². The average Bonchev–Trinajstić information content (AvgIpc) is 2.16. The summed E-state index contributed by atoms with van der Waals surface area (Å²) in [5, 5.41) is 9.07. The van der Waals surface area contributed by atoms with Crippen LogP contribution in [0.3, 0.4) is 0 Å². The number of carbonyl (C=O) groups is 2. The van der Waals surface area contributed by atoms with Crippen molar-refractivity contribution in [3.8, 4) is 0 Å². The Morgan fingerprint density at radius 1 is 1.25 bits per heavy atom. The Hall–Kier alpha value is -1.68. The molecule has 1 saturated heterocycles. The van der Waals surface area contributed by atoms with Crippen molar-refractivity contribution >= 4 is 11.8 Å². The number of ketones is 1. The number of rotatable bonds is 3. The first kappa shape index (κ1) is 10.8. The Morgan fingerprint density at radius 2 is 1.81 bits per heavy atom. The second kappa shape index (κ2) is 3.72. The topological polar surface area (TPSA) is 63.6 Å². The smallest absolute Gasteiger partial charge is 0.322 e. The van der Waals surface area contributed by atoms with Crippen LogP contribution in [0.4, 0.5) is 0 Å². The van der Waals surface area contributed by atoms with Crippen LogP contribution in [-0.4, -0.2) is 30.1 Å². The summed E-state index contributed by atoms with van der Waals surface area (Å²) >= 11 is 0. The van der Waals surface area contributed by atoms with Gasteiger partial charge in [0.15, 0.2) is 11.2 Å². The van der Waals surface area contributed by atoms with Crippen LogP contribution in [0.5, 0.6) is 0 Å². The molecule has 0 aliphatic carbocycles. The Morgan fingerprint density at radius 3 is 2.19 bits per heavy atom. The summed E-state index contributed by atoms with van der Waals surface area (Å²) < 4.78 is 4.86. The van der Waals surface area contributed by atoms with E-state index in [0.29, 0.717) is 5.56 Å². The number of hydrogen-bond acceptors (Lipinski definition) is 3. The lowest BCUT2D eigenvalue weighted by molar-refractivity contribution is -0.168. The molecule has 0 radical (unpaired) electrons. The van der Waals surface area contributed by atoms with E-state index in [0.717, 1.165) is 5.56 Å². The van der Waals surface area contributed by atoms with Crippen molar-refractivity contribution < 1.29 is 19.4 Å². The lowest BCUT2D eigenvalue weighted by atomic mass is 9.78. The minimum atomic E-state index is -1.37. The Bertz CT molecular complexity index is 429. The quantitative estimate of drug-likeness (QED) is 0.615. The molecule has 4 heteroatoms. The van der Waals surface area contributed by atoms with Crippen molar-refractivity contribution in [3.63, 3.8) is 0 Å². The Kier molecular flexibility index (Phi) is 2.52. The minimum Gasteiger partial charge on any atom is -0.480 e. The van der Waals surface area contributed by atoms with Gasteiger partial charge in [0.25, 0.3) is 0 Å². The summed E-state index contributed by atoms with van der Waals surface area (Å²) in [6.45, 7) is 1.85. The first-order valence-electron chi connectivity index (χ1n) is 4.99. The molecule has 1 aromatic carbocycles. The van der Waals surface area contributed by atoms with Crippen molar-refractivity contribution in [2.45, 2.75) is 6.92 Å². The third-order valence-electron chi connectivity index (χ3n) is 2.85. The van der Waals surface area contributed by atoms with Gasteiger partial charge in [-0.3, -0.25) is 9.59 Å². The molecule has 0 unspecified atom stereocenters. The van der Waals surface area contributed by atoms with E-state index >= 15 is 0 Å². The predicted octanol–water partition coefficient (Wildman–Crippen LogP) is 1.28. The van der Waals surface area contributed by atoms with E-state index in [1.807, 2.05) is 6.92 Å². The summed E-state index contributed by atoms with van der Waals surface area (Å²) in [5.41, 5.74) is 0.0944. The number of carboxylic acid groups (broad SMARTS) is 1. The molecule has 4 nitrogen and oxygen atoms in total.